The Labute approximate surface area is 137 Å². The third-order valence-electron chi connectivity index (χ3n) is 3.11. The second kappa shape index (κ2) is 6.54. The topological polar surface area (TPSA) is 80.3 Å². The van der Waals surface area contributed by atoms with E-state index in [0.29, 0.717) is 17.7 Å². The highest BCUT2D eigenvalue weighted by atomic mass is 32.2. The molecular formula is C14H12F3NO4S2. The van der Waals surface area contributed by atoms with E-state index in [1.165, 1.54) is 24.3 Å². The molecule has 0 aliphatic heterocycles. The van der Waals surface area contributed by atoms with E-state index < -0.39 is 42.2 Å². The van der Waals surface area contributed by atoms with E-state index >= 15 is 0 Å². The smallest absolute Gasteiger partial charge is 0.224 e. The van der Waals surface area contributed by atoms with Crippen LogP contribution in [0.15, 0.2) is 46.2 Å². The molecule has 0 heterocycles. The molecule has 0 bridgehead atoms. The Bertz CT molecular complexity index is 972. The molecule has 2 aromatic rings. The van der Waals surface area contributed by atoms with Crippen LogP contribution in [0.3, 0.4) is 0 Å². The van der Waals surface area contributed by atoms with Crippen molar-refractivity contribution in [1.29, 1.82) is 0 Å². The molecule has 5 nitrogen and oxygen atoms in total. The van der Waals surface area contributed by atoms with Crippen LogP contribution in [0.5, 0.6) is 0 Å². The number of nitrogens with one attached hydrogen (secondary N) is 1. The van der Waals surface area contributed by atoms with E-state index in [4.69, 9.17) is 0 Å². The highest BCUT2D eigenvalue weighted by Crippen LogP contribution is 2.20. The summed E-state index contributed by atoms with van der Waals surface area (Å²) in [5.41, 5.74) is 0.397. The molecule has 0 aromatic heterocycles. The van der Waals surface area contributed by atoms with Crippen LogP contribution in [-0.2, 0) is 26.4 Å². The second-order valence-electron chi connectivity index (χ2n) is 4.91. The van der Waals surface area contributed by atoms with Crippen molar-refractivity contribution in [2.45, 2.75) is 16.3 Å². The third-order valence-corrected chi connectivity index (χ3v) is 5.65. The fourth-order valence-electron chi connectivity index (χ4n) is 1.83. The number of sulfone groups is 1. The molecular weight excluding hydrogens is 367 g/mol. The number of hydrogen-bond acceptors (Lipinski definition) is 4. The Hall–Kier alpha value is -1.91. The van der Waals surface area contributed by atoms with E-state index in [1.807, 2.05) is 4.72 Å². The van der Waals surface area contributed by atoms with Gasteiger partial charge in [-0.05, 0) is 29.8 Å². The summed E-state index contributed by atoms with van der Waals surface area (Å²) >= 11 is 0. The Morgan fingerprint density at radius 3 is 2.00 bits per heavy atom. The van der Waals surface area contributed by atoms with Crippen LogP contribution < -0.4 is 4.72 Å². The Morgan fingerprint density at radius 2 is 1.46 bits per heavy atom. The van der Waals surface area contributed by atoms with Crippen molar-refractivity contribution < 1.29 is 30.0 Å². The first kappa shape index (κ1) is 18.4. The Morgan fingerprint density at radius 1 is 0.875 bits per heavy atom. The molecule has 0 spiro atoms. The van der Waals surface area contributed by atoms with Crippen LogP contribution >= 0.6 is 0 Å². The minimum absolute atomic E-state index is 0.0563. The lowest BCUT2D eigenvalue weighted by molar-refractivity contribution is 0.431. The fourth-order valence-corrected chi connectivity index (χ4v) is 3.54. The predicted molar refractivity (Wildman–Crippen MR) is 79.9 cm³/mol. The molecule has 0 saturated heterocycles. The zero-order chi connectivity index (χ0) is 18.1. The van der Waals surface area contributed by atoms with Crippen molar-refractivity contribution in [3.05, 3.63) is 59.4 Å². The van der Waals surface area contributed by atoms with Gasteiger partial charge in [0.15, 0.2) is 27.3 Å². The summed E-state index contributed by atoms with van der Waals surface area (Å²) < 4.78 is 88.2. The average Bonchev–Trinajstić information content (AvgIpc) is 2.50. The largest absolute Gasteiger partial charge is 0.243 e. The fraction of sp³-hybridized carbons (Fsp3) is 0.143. The SMILES string of the molecule is CS(=O)(=O)c1ccc(CNS(=O)(=O)c2ccc(F)c(F)c2F)cc1. The van der Waals surface area contributed by atoms with Crippen LogP contribution in [0, 0.1) is 17.5 Å². The average molecular weight is 379 g/mol. The monoisotopic (exact) mass is 379 g/mol. The molecule has 0 atom stereocenters. The van der Waals surface area contributed by atoms with Gasteiger partial charge < -0.3 is 0 Å². The second-order valence-corrected chi connectivity index (χ2v) is 8.67. The van der Waals surface area contributed by atoms with Crippen LogP contribution in [0.25, 0.3) is 0 Å². The quantitative estimate of drug-likeness (QED) is 0.806. The number of halogens is 3. The summed E-state index contributed by atoms with van der Waals surface area (Å²) in [6.07, 6.45) is 1.02. The molecule has 2 rings (SSSR count). The molecule has 0 radical (unpaired) electrons. The van der Waals surface area contributed by atoms with E-state index in [2.05, 4.69) is 0 Å². The van der Waals surface area contributed by atoms with Gasteiger partial charge in [-0.2, -0.15) is 0 Å². The van der Waals surface area contributed by atoms with E-state index in [1.54, 1.807) is 0 Å². The minimum atomic E-state index is -4.42. The van der Waals surface area contributed by atoms with Gasteiger partial charge in [-0.15, -0.1) is 0 Å². The molecule has 0 aliphatic carbocycles. The molecule has 24 heavy (non-hydrogen) atoms. The van der Waals surface area contributed by atoms with Crippen molar-refractivity contribution in [3.8, 4) is 0 Å². The number of hydrogen-bond donors (Lipinski definition) is 1. The molecule has 0 aliphatic rings. The standard InChI is InChI=1S/C14H12F3NO4S2/c1-23(19,20)10-4-2-9(3-5-10)8-18-24(21,22)12-7-6-11(15)13(16)14(12)17/h2-7,18H,8H2,1H3. The summed E-state index contributed by atoms with van der Waals surface area (Å²) in [5.74, 6) is -5.19. The zero-order valence-corrected chi connectivity index (χ0v) is 13.9. The van der Waals surface area contributed by atoms with Gasteiger partial charge in [0.2, 0.25) is 10.0 Å². The predicted octanol–water partition coefficient (Wildman–Crippen LogP) is 1.99. The van der Waals surface area contributed by atoms with E-state index in [9.17, 15) is 30.0 Å². The first-order chi connectivity index (χ1) is 11.0. The van der Waals surface area contributed by atoms with Crippen LogP contribution in [0.2, 0.25) is 0 Å². The highest BCUT2D eigenvalue weighted by molar-refractivity contribution is 7.90. The van der Waals surface area contributed by atoms with Gasteiger partial charge >= 0.3 is 0 Å². The maximum absolute atomic E-state index is 13.6. The van der Waals surface area contributed by atoms with Crippen LogP contribution in [0.4, 0.5) is 13.2 Å². The maximum Gasteiger partial charge on any atom is 0.243 e. The first-order valence-corrected chi connectivity index (χ1v) is 9.82. The van der Waals surface area contributed by atoms with Gasteiger partial charge in [0.1, 0.15) is 4.90 Å². The third kappa shape index (κ3) is 3.94. The summed E-state index contributed by atoms with van der Waals surface area (Å²) in [4.78, 5) is -0.963. The summed E-state index contributed by atoms with van der Waals surface area (Å²) in [7, 11) is -7.80. The first-order valence-electron chi connectivity index (χ1n) is 6.44. The van der Waals surface area contributed by atoms with Crippen molar-refractivity contribution in [2.24, 2.45) is 0 Å². The van der Waals surface area contributed by atoms with Gasteiger partial charge in [0.05, 0.1) is 4.90 Å². The van der Waals surface area contributed by atoms with E-state index in [0.717, 1.165) is 6.26 Å². The van der Waals surface area contributed by atoms with E-state index in [-0.39, 0.29) is 11.4 Å². The summed E-state index contributed by atoms with van der Waals surface area (Å²) in [6, 6.07) is 6.45. The molecule has 10 heteroatoms. The van der Waals surface area contributed by atoms with Gasteiger partial charge in [-0.25, -0.2) is 34.7 Å². The van der Waals surface area contributed by atoms with Gasteiger partial charge in [0, 0.05) is 12.8 Å². The van der Waals surface area contributed by atoms with Crippen molar-refractivity contribution in [2.75, 3.05) is 6.26 Å². The zero-order valence-electron chi connectivity index (χ0n) is 12.3. The number of rotatable bonds is 5. The summed E-state index contributed by atoms with van der Waals surface area (Å²) in [5, 5.41) is 0. The Kier molecular flexibility index (Phi) is 5.02. The molecule has 0 saturated carbocycles. The van der Waals surface area contributed by atoms with Gasteiger partial charge in [-0.1, -0.05) is 12.1 Å². The molecule has 2 aromatic carbocycles. The van der Waals surface area contributed by atoms with Gasteiger partial charge in [0.25, 0.3) is 0 Å². The molecule has 0 unspecified atom stereocenters. The van der Waals surface area contributed by atoms with Crippen molar-refractivity contribution in [3.63, 3.8) is 0 Å². The molecule has 0 fully saturated rings. The normalized spacial score (nSPS) is 12.3. The van der Waals surface area contributed by atoms with Crippen LogP contribution in [-0.4, -0.2) is 23.1 Å². The lowest BCUT2D eigenvalue weighted by Gasteiger charge is -2.09. The number of benzene rings is 2. The summed E-state index contributed by atoms with van der Waals surface area (Å²) in [6.45, 7) is -0.287. The van der Waals surface area contributed by atoms with Crippen molar-refractivity contribution >= 4 is 19.9 Å². The van der Waals surface area contributed by atoms with Crippen molar-refractivity contribution in [1.82, 2.24) is 4.72 Å². The highest BCUT2D eigenvalue weighted by Gasteiger charge is 2.23. The number of sulfonamides is 1. The molecule has 1 N–H and O–H groups in total. The Balaban J connectivity index is 2.21. The lowest BCUT2D eigenvalue weighted by atomic mass is 10.2. The maximum atomic E-state index is 13.6. The molecule has 130 valence electrons. The molecule has 0 amide bonds. The van der Waals surface area contributed by atoms with Crippen LogP contribution in [0.1, 0.15) is 5.56 Å². The lowest BCUT2D eigenvalue weighted by Crippen LogP contribution is -2.24. The van der Waals surface area contributed by atoms with Gasteiger partial charge in [-0.3, -0.25) is 0 Å². The minimum Gasteiger partial charge on any atom is -0.224 e.